The van der Waals surface area contributed by atoms with Crippen LogP contribution in [0.25, 0.3) is 0 Å². The molecule has 0 spiro atoms. The predicted octanol–water partition coefficient (Wildman–Crippen LogP) is 3.96. The Hall–Kier alpha value is -2.31. The normalized spacial score (nSPS) is 27.0. The van der Waals surface area contributed by atoms with E-state index in [-0.39, 0.29) is 5.41 Å². The summed E-state index contributed by atoms with van der Waals surface area (Å²) in [4.78, 5) is 2.68. The average molecular weight is 438 g/mol. The number of hydrogen-bond donors (Lipinski definition) is 2. The number of rotatable bonds is 5. The molecule has 2 aliphatic heterocycles. The topological polar surface area (TPSA) is 45.8 Å². The molecular weight excluding hydrogens is 406 g/mol. The summed E-state index contributed by atoms with van der Waals surface area (Å²) < 4.78 is 11.3. The largest absolute Gasteiger partial charge is 0.454 e. The summed E-state index contributed by atoms with van der Waals surface area (Å²) in [5.41, 5.74) is 2.92. The second-order valence-corrected chi connectivity index (χ2v) is 9.33. The van der Waals surface area contributed by atoms with Crippen molar-refractivity contribution in [2.45, 2.75) is 56.7 Å². The van der Waals surface area contributed by atoms with Crippen molar-refractivity contribution in [3.63, 3.8) is 0 Å². The molecule has 3 aliphatic rings. The first-order valence-corrected chi connectivity index (χ1v) is 11.8. The highest BCUT2D eigenvalue weighted by Gasteiger charge is 2.51. The molecule has 0 amide bonds. The highest BCUT2D eigenvalue weighted by atomic mass is 32.1. The maximum Gasteiger partial charge on any atom is 0.231 e. The van der Waals surface area contributed by atoms with Crippen molar-refractivity contribution in [1.29, 1.82) is 0 Å². The third-order valence-electron chi connectivity index (χ3n) is 7.22. The summed E-state index contributed by atoms with van der Waals surface area (Å²) in [6.45, 7) is 5.35. The number of nitrogens with one attached hydrogen (secondary N) is 2. The van der Waals surface area contributed by atoms with Crippen LogP contribution in [-0.2, 0) is 12.0 Å². The summed E-state index contributed by atoms with van der Waals surface area (Å²) in [5, 5.41) is 7.60. The van der Waals surface area contributed by atoms with Gasteiger partial charge in [0.15, 0.2) is 16.6 Å². The van der Waals surface area contributed by atoms with Gasteiger partial charge in [-0.1, -0.05) is 36.4 Å². The van der Waals surface area contributed by atoms with Crippen molar-refractivity contribution in [3.05, 3.63) is 59.7 Å². The molecule has 0 unspecified atom stereocenters. The summed E-state index contributed by atoms with van der Waals surface area (Å²) in [6, 6.07) is 18.3. The molecule has 0 radical (unpaired) electrons. The first-order valence-electron chi connectivity index (χ1n) is 11.4. The Bertz CT molecular complexity index is 938. The Morgan fingerprint density at radius 2 is 1.97 bits per heavy atom. The number of likely N-dealkylation sites (tertiary alicyclic amines) is 1. The highest BCUT2D eigenvalue weighted by molar-refractivity contribution is 7.80. The number of fused-ring (bicyclic) bond motifs is 2. The SMILES string of the molecule is CCNC(=S)N[C@@H]1CC[C@@]2(c3ccc4c(c3)OCO4)CCN(Cc3ccccc3)[C@H]2C1. The Morgan fingerprint density at radius 1 is 1.13 bits per heavy atom. The van der Waals surface area contributed by atoms with Gasteiger partial charge in [0.2, 0.25) is 6.79 Å². The molecular formula is C25H31N3O2S. The fourth-order valence-corrected chi connectivity index (χ4v) is 6.03. The second-order valence-electron chi connectivity index (χ2n) is 8.92. The van der Waals surface area contributed by atoms with Crippen LogP contribution in [0.5, 0.6) is 11.5 Å². The molecule has 2 aromatic rings. The summed E-state index contributed by atoms with van der Waals surface area (Å²) in [7, 11) is 0. The van der Waals surface area contributed by atoms with Gasteiger partial charge >= 0.3 is 0 Å². The van der Waals surface area contributed by atoms with E-state index in [1.165, 1.54) is 17.5 Å². The zero-order valence-electron chi connectivity index (χ0n) is 18.1. The van der Waals surface area contributed by atoms with E-state index >= 15 is 0 Å². The summed E-state index contributed by atoms with van der Waals surface area (Å²) in [6.07, 6.45) is 4.53. The fourth-order valence-electron chi connectivity index (χ4n) is 5.72. The third-order valence-corrected chi connectivity index (χ3v) is 7.48. The minimum absolute atomic E-state index is 0.147. The third kappa shape index (κ3) is 3.99. The van der Waals surface area contributed by atoms with Crippen LogP contribution >= 0.6 is 12.2 Å². The zero-order valence-corrected chi connectivity index (χ0v) is 18.9. The molecule has 1 saturated carbocycles. The lowest BCUT2D eigenvalue weighted by Gasteiger charge is -2.45. The molecule has 0 aromatic heterocycles. The molecule has 2 fully saturated rings. The van der Waals surface area contributed by atoms with E-state index in [1.54, 1.807) is 0 Å². The van der Waals surface area contributed by atoms with Gasteiger partial charge in [0.05, 0.1) is 0 Å². The highest BCUT2D eigenvalue weighted by Crippen LogP contribution is 2.51. The molecule has 3 atom stereocenters. The lowest BCUT2D eigenvalue weighted by Crippen LogP contribution is -2.53. The van der Waals surface area contributed by atoms with Gasteiger partial charge in [-0.05, 0) is 74.6 Å². The van der Waals surface area contributed by atoms with E-state index in [1.807, 2.05) is 0 Å². The molecule has 0 bridgehead atoms. The van der Waals surface area contributed by atoms with Crippen LogP contribution in [0.4, 0.5) is 0 Å². The van der Waals surface area contributed by atoms with Gasteiger partial charge in [0.1, 0.15) is 0 Å². The Balaban J connectivity index is 1.43. The molecule has 164 valence electrons. The number of nitrogens with zero attached hydrogens (tertiary/aromatic N) is 1. The summed E-state index contributed by atoms with van der Waals surface area (Å²) in [5.74, 6) is 1.75. The molecule has 5 rings (SSSR count). The number of benzene rings is 2. The smallest absolute Gasteiger partial charge is 0.231 e. The van der Waals surface area contributed by atoms with Crippen molar-refractivity contribution in [2.75, 3.05) is 19.9 Å². The second kappa shape index (κ2) is 8.67. The maximum absolute atomic E-state index is 5.72. The van der Waals surface area contributed by atoms with Crippen molar-refractivity contribution < 1.29 is 9.47 Å². The van der Waals surface area contributed by atoms with Gasteiger partial charge < -0.3 is 20.1 Å². The predicted molar refractivity (Wildman–Crippen MR) is 127 cm³/mol. The Kier molecular flexibility index (Phi) is 5.76. The molecule has 1 aliphatic carbocycles. The quantitative estimate of drug-likeness (QED) is 0.691. The van der Waals surface area contributed by atoms with Crippen LogP contribution < -0.4 is 20.1 Å². The zero-order chi connectivity index (χ0) is 21.3. The Morgan fingerprint density at radius 3 is 2.81 bits per heavy atom. The van der Waals surface area contributed by atoms with Gasteiger partial charge in [-0.25, -0.2) is 0 Å². The van der Waals surface area contributed by atoms with Crippen LogP contribution in [-0.4, -0.2) is 42.0 Å². The van der Waals surface area contributed by atoms with Gasteiger partial charge in [-0.3, -0.25) is 4.90 Å². The minimum Gasteiger partial charge on any atom is -0.454 e. The van der Waals surface area contributed by atoms with Crippen molar-refractivity contribution >= 4 is 17.3 Å². The molecule has 2 heterocycles. The standard InChI is InChI=1S/C25H31N3O2S/c1-2-26-24(31)27-20-10-11-25(19-8-9-21-22(14-19)30-17-29-21)12-13-28(23(25)15-20)16-18-6-4-3-5-7-18/h3-9,14,20,23H,2,10-13,15-17H2,1H3,(H2,26,27,31)/t20-,23+,25+/m1/s1. The molecule has 2 N–H and O–H groups in total. The van der Waals surface area contributed by atoms with Crippen LogP contribution in [0.1, 0.15) is 43.7 Å². The average Bonchev–Trinajstić information content (AvgIpc) is 3.40. The van der Waals surface area contributed by atoms with Crippen LogP contribution in [0.2, 0.25) is 0 Å². The van der Waals surface area contributed by atoms with Crippen LogP contribution in [0.3, 0.4) is 0 Å². The lowest BCUT2D eigenvalue weighted by molar-refractivity contribution is 0.134. The van der Waals surface area contributed by atoms with Crippen LogP contribution in [0, 0.1) is 0 Å². The first kappa shape index (κ1) is 20.6. The fraction of sp³-hybridized carbons (Fsp3) is 0.480. The number of ether oxygens (including phenoxy) is 2. The summed E-state index contributed by atoms with van der Waals surface area (Å²) >= 11 is 5.50. The van der Waals surface area contributed by atoms with Crippen LogP contribution in [0.15, 0.2) is 48.5 Å². The Labute approximate surface area is 190 Å². The van der Waals surface area contributed by atoms with Crippen molar-refractivity contribution in [1.82, 2.24) is 15.5 Å². The van der Waals surface area contributed by atoms with E-state index in [0.717, 1.165) is 55.5 Å². The maximum atomic E-state index is 5.72. The van der Waals surface area contributed by atoms with Gasteiger partial charge in [-0.15, -0.1) is 0 Å². The molecule has 6 heteroatoms. The van der Waals surface area contributed by atoms with Crippen molar-refractivity contribution in [2.24, 2.45) is 0 Å². The minimum atomic E-state index is 0.147. The van der Waals surface area contributed by atoms with Crippen molar-refractivity contribution in [3.8, 4) is 11.5 Å². The molecule has 2 aromatic carbocycles. The molecule has 31 heavy (non-hydrogen) atoms. The number of thiocarbonyl (C=S) groups is 1. The molecule has 5 nitrogen and oxygen atoms in total. The van der Waals surface area contributed by atoms with E-state index < -0.39 is 0 Å². The van der Waals surface area contributed by atoms with E-state index in [9.17, 15) is 0 Å². The van der Waals surface area contributed by atoms with E-state index in [4.69, 9.17) is 21.7 Å². The van der Waals surface area contributed by atoms with E-state index in [0.29, 0.717) is 18.9 Å². The van der Waals surface area contributed by atoms with Gasteiger partial charge in [-0.2, -0.15) is 0 Å². The molecule has 1 saturated heterocycles. The van der Waals surface area contributed by atoms with Gasteiger partial charge in [0, 0.05) is 30.6 Å². The van der Waals surface area contributed by atoms with E-state index in [2.05, 4.69) is 71.0 Å². The van der Waals surface area contributed by atoms with Gasteiger partial charge in [0.25, 0.3) is 0 Å². The lowest BCUT2D eigenvalue weighted by atomic mass is 9.65. The monoisotopic (exact) mass is 437 g/mol. The number of hydrogen-bond acceptors (Lipinski definition) is 4. The first-order chi connectivity index (χ1) is 15.2.